The zero-order valence-electron chi connectivity index (χ0n) is 23.0. The fourth-order valence-corrected chi connectivity index (χ4v) is 6.60. The first-order chi connectivity index (χ1) is 18.3. The van der Waals surface area contributed by atoms with Gasteiger partial charge in [-0.3, -0.25) is 9.69 Å². The molecule has 0 unspecified atom stereocenters. The van der Waals surface area contributed by atoms with Crippen molar-refractivity contribution < 1.29 is 14.3 Å². The Bertz CT molecular complexity index is 1130. The van der Waals surface area contributed by atoms with E-state index < -0.39 is 0 Å². The molecule has 2 heterocycles. The van der Waals surface area contributed by atoms with E-state index >= 15 is 0 Å². The number of pyridine rings is 1. The SMILES string of the molecule is COc1cccc(CNC(=O)CN2C[C@]3(CC[C@](c4ccccc4)(N(C)C)CC3)N(CC3CCC3)C2=O)n1. The van der Waals surface area contributed by atoms with Gasteiger partial charge in [-0.05, 0) is 70.2 Å². The smallest absolute Gasteiger partial charge is 0.321 e. The summed E-state index contributed by atoms with van der Waals surface area (Å²) >= 11 is 0. The van der Waals surface area contributed by atoms with Gasteiger partial charge in [0, 0.05) is 24.7 Å². The van der Waals surface area contributed by atoms with E-state index in [9.17, 15) is 9.59 Å². The standard InChI is InChI=1S/C30H41N5O3/c1-33(2)30(24-11-5-4-6-12-24)17-15-29(16-18-30)22-34(28(37)35(29)20-23-9-7-10-23)21-26(36)31-19-25-13-8-14-27(32-25)38-3/h4-6,8,11-14,23H,7,9-10,15-22H2,1-3H3,(H,31,36)/t29-,30+. The number of carbonyl (C=O) groups excluding carboxylic acids is 2. The number of benzene rings is 1. The van der Waals surface area contributed by atoms with Gasteiger partial charge in [-0.1, -0.05) is 42.8 Å². The Morgan fingerprint density at radius 2 is 1.82 bits per heavy atom. The van der Waals surface area contributed by atoms with Crippen LogP contribution in [0.3, 0.4) is 0 Å². The molecule has 0 bridgehead atoms. The van der Waals surface area contributed by atoms with Gasteiger partial charge in [0.25, 0.3) is 0 Å². The van der Waals surface area contributed by atoms with Crippen molar-refractivity contribution in [2.45, 2.75) is 62.6 Å². The van der Waals surface area contributed by atoms with Crippen LogP contribution in [0.1, 0.15) is 56.2 Å². The highest BCUT2D eigenvalue weighted by Gasteiger charge is 2.55. The molecule has 204 valence electrons. The third kappa shape index (κ3) is 5.10. The van der Waals surface area contributed by atoms with E-state index in [1.54, 1.807) is 18.1 Å². The lowest BCUT2D eigenvalue weighted by Gasteiger charge is -2.51. The summed E-state index contributed by atoms with van der Waals surface area (Å²) in [4.78, 5) is 37.3. The van der Waals surface area contributed by atoms with Gasteiger partial charge in [-0.2, -0.15) is 0 Å². The summed E-state index contributed by atoms with van der Waals surface area (Å²) in [6.07, 6.45) is 7.48. The quantitative estimate of drug-likeness (QED) is 0.542. The summed E-state index contributed by atoms with van der Waals surface area (Å²) in [5.74, 6) is 0.936. The lowest BCUT2D eigenvalue weighted by molar-refractivity contribution is -0.121. The Morgan fingerprint density at radius 1 is 1.08 bits per heavy atom. The molecule has 2 aliphatic carbocycles. The highest BCUT2D eigenvalue weighted by Crippen LogP contribution is 2.49. The summed E-state index contributed by atoms with van der Waals surface area (Å²) in [5, 5.41) is 2.94. The average molecular weight is 520 g/mol. The lowest BCUT2D eigenvalue weighted by Crippen LogP contribution is -2.56. The normalized spacial score (nSPS) is 25.6. The van der Waals surface area contributed by atoms with Crippen molar-refractivity contribution in [3.05, 3.63) is 59.8 Å². The number of hydrogen-bond donors (Lipinski definition) is 1. The van der Waals surface area contributed by atoms with Crippen molar-refractivity contribution in [1.82, 2.24) is 25.0 Å². The molecule has 3 amide bonds. The highest BCUT2D eigenvalue weighted by molar-refractivity contribution is 5.86. The zero-order chi connectivity index (χ0) is 26.8. The van der Waals surface area contributed by atoms with E-state index in [4.69, 9.17) is 4.74 Å². The van der Waals surface area contributed by atoms with E-state index in [0.717, 1.165) is 37.9 Å². The minimum Gasteiger partial charge on any atom is -0.481 e. The fourth-order valence-electron chi connectivity index (χ4n) is 6.60. The molecule has 1 aromatic heterocycles. The van der Waals surface area contributed by atoms with Crippen LogP contribution in [-0.4, -0.2) is 78.0 Å². The number of rotatable bonds is 9. The van der Waals surface area contributed by atoms with Crippen LogP contribution in [0.2, 0.25) is 0 Å². The minimum absolute atomic E-state index is 0.0172. The van der Waals surface area contributed by atoms with Crippen molar-refractivity contribution in [3.8, 4) is 5.88 Å². The largest absolute Gasteiger partial charge is 0.481 e. The summed E-state index contributed by atoms with van der Waals surface area (Å²) < 4.78 is 5.18. The molecule has 1 aromatic carbocycles. The second kappa shape index (κ2) is 10.9. The molecule has 2 aromatic rings. The molecule has 5 rings (SSSR count). The molecule has 3 aliphatic rings. The van der Waals surface area contributed by atoms with Crippen LogP contribution in [0.4, 0.5) is 4.79 Å². The summed E-state index contributed by atoms with van der Waals surface area (Å²) in [6.45, 7) is 1.80. The van der Waals surface area contributed by atoms with Gasteiger partial charge in [-0.25, -0.2) is 9.78 Å². The van der Waals surface area contributed by atoms with Gasteiger partial charge in [0.1, 0.15) is 6.54 Å². The molecule has 38 heavy (non-hydrogen) atoms. The van der Waals surface area contributed by atoms with E-state index in [-0.39, 0.29) is 29.6 Å². The van der Waals surface area contributed by atoms with Gasteiger partial charge < -0.3 is 19.9 Å². The van der Waals surface area contributed by atoms with Gasteiger partial charge in [0.2, 0.25) is 11.8 Å². The summed E-state index contributed by atoms with van der Waals surface area (Å²) in [5.41, 5.74) is 1.82. The van der Waals surface area contributed by atoms with Crippen molar-refractivity contribution in [3.63, 3.8) is 0 Å². The van der Waals surface area contributed by atoms with Gasteiger partial charge >= 0.3 is 6.03 Å². The van der Waals surface area contributed by atoms with Crippen LogP contribution in [0.25, 0.3) is 0 Å². The number of carbonyl (C=O) groups is 2. The fraction of sp³-hybridized carbons (Fsp3) is 0.567. The Balaban J connectivity index is 1.29. The predicted octanol–water partition coefficient (Wildman–Crippen LogP) is 4.01. The first-order valence-corrected chi connectivity index (χ1v) is 13.9. The summed E-state index contributed by atoms with van der Waals surface area (Å²) in [6, 6.07) is 16.3. The number of nitrogens with one attached hydrogen (secondary N) is 1. The average Bonchev–Trinajstić information content (AvgIpc) is 3.15. The maximum Gasteiger partial charge on any atom is 0.321 e. The van der Waals surface area contributed by atoms with Crippen LogP contribution in [0, 0.1) is 5.92 Å². The van der Waals surface area contributed by atoms with E-state index in [2.05, 4.69) is 64.5 Å². The van der Waals surface area contributed by atoms with Crippen LogP contribution in [0.5, 0.6) is 5.88 Å². The molecule has 8 heteroatoms. The number of methoxy groups -OCH3 is 1. The molecule has 0 atom stereocenters. The predicted molar refractivity (Wildman–Crippen MR) is 147 cm³/mol. The summed E-state index contributed by atoms with van der Waals surface area (Å²) in [7, 11) is 5.91. The molecule has 0 radical (unpaired) electrons. The van der Waals surface area contributed by atoms with Gasteiger partial charge in [0.05, 0.1) is 24.9 Å². The number of hydrogen-bond acceptors (Lipinski definition) is 5. The maximum absolute atomic E-state index is 13.7. The van der Waals surface area contributed by atoms with E-state index in [1.165, 1.54) is 24.8 Å². The van der Waals surface area contributed by atoms with Crippen molar-refractivity contribution in [1.29, 1.82) is 0 Å². The van der Waals surface area contributed by atoms with E-state index in [1.807, 2.05) is 12.1 Å². The Labute approximate surface area is 226 Å². The first-order valence-electron chi connectivity index (χ1n) is 13.9. The minimum atomic E-state index is -0.213. The van der Waals surface area contributed by atoms with Crippen molar-refractivity contribution >= 4 is 11.9 Å². The number of nitrogens with zero attached hydrogens (tertiary/aromatic N) is 4. The number of urea groups is 1. The maximum atomic E-state index is 13.7. The van der Waals surface area contributed by atoms with E-state index in [0.29, 0.717) is 24.9 Å². The van der Waals surface area contributed by atoms with Crippen LogP contribution >= 0.6 is 0 Å². The Morgan fingerprint density at radius 3 is 2.45 bits per heavy atom. The van der Waals surface area contributed by atoms with Crippen molar-refractivity contribution in [2.75, 3.05) is 40.8 Å². The third-order valence-corrected chi connectivity index (χ3v) is 9.19. The molecular weight excluding hydrogens is 478 g/mol. The Hall–Kier alpha value is -3.13. The molecule has 3 fully saturated rings. The highest BCUT2D eigenvalue weighted by atomic mass is 16.5. The van der Waals surface area contributed by atoms with Crippen molar-refractivity contribution in [2.24, 2.45) is 5.92 Å². The molecule has 8 nitrogen and oxygen atoms in total. The topological polar surface area (TPSA) is 78.0 Å². The number of amides is 3. The molecule has 1 saturated heterocycles. The monoisotopic (exact) mass is 519 g/mol. The molecule has 1 spiro atoms. The van der Waals surface area contributed by atoms with Gasteiger partial charge in [0.15, 0.2) is 0 Å². The zero-order valence-corrected chi connectivity index (χ0v) is 23.0. The molecule has 1 aliphatic heterocycles. The second-order valence-electron chi connectivity index (χ2n) is 11.5. The second-order valence-corrected chi connectivity index (χ2v) is 11.5. The first kappa shape index (κ1) is 26.5. The van der Waals surface area contributed by atoms with Crippen LogP contribution in [0.15, 0.2) is 48.5 Å². The van der Waals surface area contributed by atoms with Crippen LogP contribution in [-0.2, 0) is 16.9 Å². The molecular formula is C30H41N5O3. The van der Waals surface area contributed by atoms with Crippen LogP contribution < -0.4 is 10.1 Å². The molecule has 1 N–H and O–H groups in total. The third-order valence-electron chi connectivity index (χ3n) is 9.19. The molecule has 2 saturated carbocycles. The van der Waals surface area contributed by atoms with Gasteiger partial charge in [-0.15, -0.1) is 0 Å². The number of aromatic nitrogens is 1. The Kier molecular flexibility index (Phi) is 7.61. The number of ether oxygens (including phenoxy) is 1. The lowest BCUT2D eigenvalue weighted by atomic mass is 9.68.